The summed E-state index contributed by atoms with van der Waals surface area (Å²) in [6.45, 7) is 0.566. The van der Waals surface area contributed by atoms with Gasteiger partial charge in [0.25, 0.3) is 0 Å². The molecule has 0 fully saturated rings. The van der Waals surface area contributed by atoms with Crippen molar-refractivity contribution in [3.63, 3.8) is 0 Å². The van der Waals surface area contributed by atoms with Crippen LogP contribution < -0.4 is 9.47 Å². The van der Waals surface area contributed by atoms with Crippen molar-refractivity contribution in [3.8, 4) is 11.5 Å². The van der Waals surface area contributed by atoms with E-state index in [4.69, 9.17) is 9.47 Å². The first-order chi connectivity index (χ1) is 20.8. The Hall–Kier alpha value is -4.24. The molecule has 2 atom stereocenters. The summed E-state index contributed by atoms with van der Waals surface area (Å²) in [6, 6.07) is 4.01. The number of ether oxygens (including phenoxy) is 2. The first kappa shape index (κ1) is 33.6. The second-order valence-electron chi connectivity index (χ2n) is 9.58. The Morgan fingerprint density at radius 1 is 0.600 bits per heavy atom. The molecule has 0 N–H and O–H groups in total. The summed E-state index contributed by atoms with van der Waals surface area (Å²) in [4.78, 5) is 0. The van der Waals surface area contributed by atoms with E-state index >= 15 is 0 Å². The van der Waals surface area contributed by atoms with Crippen LogP contribution in [0.5, 0.6) is 11.5 Å². The highest BCUT2D eigenvalue weighted by molar-refractivity contribution is 5.82. The molecule has 1 aliphatic rings. The molecule has 1 aliphatic carbocycles. The molecule has 2 nitrogen and oxygen atoms in total. The third-order valence-corrected chi connectivity index (χ3v) is 7.08. The smallest absolute Gasteiger partial charge is 0.411 e. The molecule has 0 spiro atoms. The predicted octanol–water partition coefficient (Wildman–Crippen LogP) is 9.60. The highest BCUT2D eigenvalue weighted by Gasteiger charge is 2.72. The largest absolute Gasteiger partial charge is 0.497 e. The Kier molecular flexibility index (Phi) is 8.67. The van der Waals surface area contributed by atoms with Gasteiger partial charge in [0.1, 0.15) is 17.3 Å². The van der Waals surface area contributed by atoms with E-state index in [2.05, 4.69) is 0 Å². The van der Waals surface area contributed by atoms with Crippen LogP contribution in [0.2, 0.25) is 0 Å². The minimum Gasteiger partial charge on any atom is -0.497 e. The fourth-order valence-corrected chi connectivity index (χ4v) is 4.80. The highest BCUT2D eigenvalue weighted by Crippen LogP contribution is 2.56. The first-order valence-electron chi connectivity index (χ1n) is 12.3. The first-order valence-corrected chi connectivity index (χ1v) is 12.3. The van der Waals surface area contributed by atoms with Crippen molar-refractivity contribution < 1.29 is 70.9 Å². The van der Waals surface area contributed by atoms with Gasteiger partial charge in [0.2, 0.25) is 5.41 Å². The number of methoxy groups -OCH3 is 1. The Bertz CT molecular complexity index is 1630. The van der Waals surface area contributed by atoms with Gasteiger partial charge in [-0.2, -0.15) is 26.3 Å². The number of hydrogen-bond donors (Lipinski definition) is 0. The summed E-state index contributed by atoms with van der Waals surface area (Å²) in [5.41, 5.74) is -12.9. The standard InChI is InChI=1S/C29H16F14O2/c1-11-18(30)20(32)16(21(33)19(11)31)17-22(34)24(36)26(25(37)23(17)35)45-15-9-5-13(6-10-15)27(28(38,39)40,29(41,42)43)12-3-7-14(44-2)8-4-12/h3-10,24,26H,1-2H3. The molecule has 0 bridgehead atoms. The molecule has 0 amide bonds. The molecule has 2 unspecified atom stereocenters. The quantitative estimate of drug-likeness (QED) is 0.193. The lowest BCUT2D eigenvalue weighted by molar-refractivity contribution is -0.288. The van der Waals surface area contributed by atoms with Gasteiger partial charge in [0, 0.05) is 5.56 Å². The van der Waals surface area contributed by atoms with Gasteiger partial charge in [-0.25, -0.2) is 35.1 Å². The number of allylic oxidation sites excluding steroid dienone is 2. The van der Waals surface area contributed by atoms with Gasteiger partial charge in [0.05, 0.1) is 18.2 Å². The van der Waals surface area contributed by atoms with E-state index in [1.165, 1.54) is 0 Å². The maximum atomic E-state index is 15.0. The molecule has 0 aromatic heterocycles. The lowest BCUT2D eigenvalue weighted by Gasteiger charge is -2.38. The number of rotatable bonds is 6. The lowest BCUT2D eigenvalue weighted by Crippen LogP contribution is -2.54. The second-order valence-corrected chi connectivity index (χ2v) is 9.58. The molecule has 0 saturated heterocycles. The maximum Gasteiger partial charge on any atom is 0.411 e. The zero-order valence-corrected chi connectivity index (χ0v) is 22.4. The van der Waals surface area contributed by atoms with Crippen molar-refractivity contribution in [3.05, 3.63) is 112 Å². The van der Waals surface area contributed by atoms with Gasteiger partial charge >= 0.3 is 12.4 Å². The number of benzene rings is 3. The van der Waals surface area contributed by atoms with Crippen LogP contribution >= 0.6 is 0 Å². The zero-order valence-electron chi connectivity index (χ0n) is 22.4. The molecule has 0 aliphatic heterocycles. The summed E-state index contributed by atoms with van der Waals surface area (Å²) >= 11 is 0. The SMILES string of the molecule is COc1ccc(C(c2ccc(OC3C(F)=C(F)C(c4c(F)c(F)c(C)c(F)c4F)=C(F)C3F)cc2)(C(F)(F)F)C(F)(F)F)cc1. The van der Waals surface area contributed by atoms with Crippen LogP contribution in [0.4, 0.5) is 61.5 Å². The summed E-state index contributed by atoms with van der Waals surface area (Å²) in [5, 5.41) is 0. The summed E-state index contributed by atoms with van der Waals surface area (Å²) < 4.78 is 212. The normalized spacial score (nSPS) is 18.0. The molecular weight excluding hydrogens is 646 g/mol. The molecule has 242 valence electrons. The molecule has 16 heteroatoms. The molecule has 45 heavy (non-hydrogen) atoms. The Balaban J connectivity index is 1.76. The van der Waals surface area contributed by atoms with Crippen LogP contribution in [0.1, 0.15) is 22.3 Å². The van der Waals surface area contributed by atoms with E-state index in [1.807, 2.05) is 0 Å². The average Bonchev–Trinajstić information content (AvgIpc) is 2.98. The number of hydrogen-bond acceptors (Lipinski definition) is 2. The van der Waals surface area contributed by atoms with Crippen LogP contribution in [0.3, 0.4) is 0 Å². The van der Waals surface area contributed by atoms with Crippen molar-refractivity contribution >= 4 is 5.57 Å². The molecule has 4 rings (SSSR count). The molecule has 3 aromatic rings. The van der Waals surface area contributed by atoms with Gasteiger partial charge in [-0.3, -0.25) is 0 Å². The van der Waals surface area contributed by atoms with E-state index in [0.717, 1.165) is 19.2 Å². The third kappa shape index (κ3) is 5.27. The van der Waals surface area contributed by atoms with E-state index in [1.54, 1.807) is 0 Å². The second kappa shape index (κ2) is 11.6. The summed E-state index contributed by atoms with van der Waals surface area (Å²) in [5.74, 6) is -17.4. The topological polar surface area (TPSA) is 18.5 Å². The molecule has 0 saturated carbocycles. The van der Waals surface area contributed by atoms with Crippen molar-refractivity contribution in [2.45, 2.75) is 37.0 Å². The maximum absolute atomic E-state index is 15.0. The van der Waals surface area contributed by atoms with E-state index < -0.39 is 104 Å². The molecule has 0 heterocycles. The van der Waals surface area contributed by atoms with Gasteiger partial charge in [-0.05, 0) is 42.3 Å². The van der Waals surface area contributed by atoms with Crippen LogP contribution in [0, 0.1) is 30.2 Å². The van der Waals surface area contributed by atoms with E-state index in [9.17, 15) is 61.5 Å². The van der Waals surface area contributed by atoms with Crippen molar-refractivity contribution in [2.24, 2.45) is 0 Å². The minimum atomic E-state index is -6.02. The Morgan fingerprint density at radius 3 is 1.42 bits per heavy atom. The average molecular weight is 662 g/mol. The van der Waals surface area contributed by atoms with Crippen LogP contribution in [0.15, 0.2) is 66.0 Å². The number of alkyl halides is 7. The molecule has 3 aromatic carbocycles. The van der Waals surface area contributed by atoms with Gasteiger partial charge in [-0.1, -0.05) is 24.3 Å². The van der Waals surface area contributed by atoms with E-state index in [-0.39, 0.29) is 17.9 Å². The predicted molar refractivity (Wildman–Crippen MR) is 130 cm³/mol. The van der Waals surface area contributed by atoms with Gasteiger partial charge < -0.3 is 9.47 Å². The molecule has 0 radical (unpaired) electrons. The summed E-state index contributed by atoms with van der Waals surface area (Å²) in [7, 11) is 1.12. The van der Waals surface area contributed by atoms with Gasteiger partial charge in [0.15, 0.2) is 47.2 Å². The van der Waals surface area contributed by atoms with Crippen LogP contribution in [-0.2, 0) is 5.41 Å². The van der Waals surface area contributed by atoms with Crippen molar-refractivity contribution in [1.29, 1.82) is 0 Å². The monoisotopic (exact) mass is 662 g/mol. The fraction of sp³-hybridized carbons (Fsp3) is 0.241. The van der Waals surface area contributed by atoms with Gasteiger partial charge in [-0.15, -0.1) is 0 Å². The van der Waals surface area contributed by atoms with E-state index in [0.29, 0.717) is 31.2 Å². The Labute approximate surface area is 244 Å². The highest BCUT2D eigenvalue weighted by atomic mass is 19.4. The third-order valence-electron chi connectivity index (χ3n) is 7.08. The lowest BCUT2D eigenvalue weighted by atomic mass is 9.73. The van der Waals surface area contributed by atoms with Crippen molar-refractivity contribution in [2.75, 3.05) is 7.11 Å². The summed E-state index contributed by atoms with van der Waals surface area (Å²) in [6.07, 6.45) is -18.5. The Morgan fingerprint density at radius 2 is 1.02 bits per heavy atom. The van der Waals surface area contributed by atoms with Crippen molar-refractivity contribution in [1.82, 2.24) is 0 Å². The number of halogens is 14. The minimum absolute atomic E-state index is 0.0658. The fourth-order valence-electron chi connectivity index (χ4n) is 4.80. The molecular formula is C29H16F14O2. The zero-order chi connectivity index (χ0) is 33.8. The van der Waals surface area contributed by atoms with Crippen LogP contribution in [-0.4, -0.2) is 31.7 Å². The van der Waals surface area contributed by atoms with Crippen LogP contribution in [0.25, 0.3) is 5.57 Å².